The fourth-order valence-electron chi connectivity index (χ4n) is 3.83. The zero-order chi connectivity index (χ0) is 23.8. The number of carbonyl (C=O) groups excluding carboxylic acids is 2. The van der Waals surface area contributed by atoms with Crippen LogP contribution in [0, 0.1) is 0 Å². The second kappa shape index (κ2) is 9.24. The summed E-state index contributed by atoms with van der Waals surface area (Å²) in [7, 11) is 0. The van der Waals surface area contributed by atoms with Crippen LogP contribution >= 0.6 is 34.9 Å². The van der Waals surface area contributed by atoms with Gasteiger partial charge in [0.05, 0.1) is 16.0 Å². The highest BCUT2D eigenvalue weighted by Crippen LogP contribution is 2.46. The van der Waals surface area contributed by atoms with Crippen molar-refractivity contribution >= 4 is 62.7 Å². The van der Waals surface area contributed by atoms with Gasteiger partial charge in [0.1, 0.15) is 17.1 Å². The zero-order valence-corrected chi connectivity index (χ0v) is 19.9. The van der Waals surface area contributed by atoms with E-state index in [9.17, 15) is 24.3 Å². The second-order valence-electron chi connectivity index (χ2n) is 7.60. The van der Waals surface area contributed by atoms with Gasteiger partial charge in [-0.1, -0.05) is 42.1 Å². The van der Waals surface area contributed by atoms with Gasteiger partial charge in [-0.2, -0.15) is 0 Å². The summed E-state index contributed by atoms with van der Waals surface area (Å²) in [5, 5.41) is 12.7. The third-order valence-corrected chi connectivity index (χ3v) is 9.15. The first-order chi connectivity index (χ1) is 16.4. The van der Waals surface area contributed by atoms with Crippen molar-refractivity contribution in [2.75, 3.05) is 5.75 Å². The Labute approximate surface area is 206 Å². The molecule has 1 aromatic carbocycles. The first-order valence-electron chi connectivity index (χ1n) is 10.2. The first-order valence-corrected chi connectivity index (χ1v) is 12.9. The number of rotatable bonds is 6. The van der Waals surface area contributed by atoms with Crippen LogP contribution in [0.3, 0.4) is 0 Å². The molecule has 1 saturated heterocycles. The summed E-state index contributed by atoms with van der Waals surface area (Å²) < 4.78 is 1.39. The van der Waals surface area contributed by atoms with E-state index in [1.54, 1.807) is 12.3 Å². The van der Waals surface area contributed by atoms with Crippen LogP contribution in [0.4, 0.5) is 0 Å². The maximum atomic E-state index is 12.9. The van der Waals surface area contributed by atoms with Gasteiger partial charge >= 0.3 is 5.97 Å². The smallest absolute Gasteiger partial charge is 0.353 e. The van der Waals surface area contributed by atoms with Crippen molar-refractivity contribution in [3.8, 4) is 0 Å². The molecule has 3 aromatic rings. The minimum Gasteiger partial charge on any atom is -0.477 e. The number of nitrogens with one attached hydrogen (secondary N) is 1. The normalized spacial score (nSPS) is 19.5. The van der Waals surface area contributed by atoms with Crippen molar-refractivity contribution in [2.24, 2.45) is 0 Å². The van der Waals surface area contributed by atoms with E-state index >= 15 is 0 Å². The van der Waals surface area contributed by atoms with E-state index in [0.717, 1.165) is 10.3 Å². The highest BCUT2D eigenvalue weighted by Gasteiger charge is 2.54. The first kappa shape index (κ1) is 22.6. The van der Waals surface area contributed by atoms with Crippen molar-refractivity contribution < 1.29 is 19.5 Å². The van der Waals surface area contributed by atoms with E-state index < -0.39 is 23.3 Å². The number of benzene rings is 1. The lowest BCUT2D eigenvalue weighted by molar-refractivity contribution is -0.150. The number of thioether (sulfide) groups is 2. The number of pyridine rings is 1. The molecule has 1 unspecified atom stereocenters. The van der Waals surface area contributed by atoms with Gasteiger partial charge in [0.25, 0.3) is 5.91 Å². The number of fused-ring (bicyclic) bond motifs is 2. The maximum Gasteiger partial charge on any atom is 0.353 e. The molecule has 0 saturated carbocycles. The molecule has 2 N–H and O–H groups in total. The largest absolute Gasteiger partial charge is 0.477 e. The lowest BCUT2D eigenvalue weighted by atomic mass is 10.0. The molecule has 0 radical (unpaired) electrons. The Bertz CT molecular complexity index is 1410. The molecule has 2 aromatic heterocycles. The number of carbonyl (C=O) groups is 3. The molecule has 8 nitrogen and oxygen atoms in total. The predicted molar refractivity (Wildman–Crippen MR) is 132 cm³/mol. The molecule has 2 aliphatic heterocycles. The summed E-state index contributed by atoms with van der Waals surface area (Å²) in [6, 6.07) is 11.6. The number of hydrogen-bond acceptors (Lipinski definition) is 8. The fourth-order valence-corrected chi connectivity index (χ4v) is 7.66. The number of amides is 2. The number of β-lactam (4-membered cyclic amide) rings is 1. The summed E-state index contributed by atoms with van der Waals surface area (Å²) in [4.78, 5) is 55.5. The van der Waals surface area contributed by atoms with Crippen LogP contribution in [-0.2, 0) is 20.8 Å². The number of nitrogens with zero attached hydrogens (tertiary/aromatic N) is 2. The van der Waals surface area contributed by atoms with Gasteiger partial charge in [-0.05, 0) is 11.6 Å². The van der Waals surface area contributed by atoms with Crippen LogP contribution in [-0.4, -0.2) is 49.9 Å². The van der Waals surface area contributed by atoms with Crippen molar-refractivity contribution in [1.82, 2.24) is 15.2 Å². The predicted octanol–water partition coefficient (Wildman–Crippen LogP) is 2.69. The van der Waals surface area contributed by atoms with Gasteiger partial charge in [-0.15, -0.1) is 23.1 Å². The van der Waals surface area contributed by atoms with Crippen LogP contribution in [0.15, 0.2) is 74.5 Å². The van der Waals surface area contributed by atoms with Gasteiger partial charge < -0.3 is 10.4 Å². The molecule has 34 heavy (non-hydrogen) atoms. The summed E-state index contributed by atoms with van der Waals surface area (Å²) in [5.41, 5.74) is 0.543. The van der Waals surface area contributed by atoms with Gasteiger partial charge in [0, 0.05) is 33.8 Å². The van der Waals surface area contributed by atoms with Gasteiger partial charge in [0.15, 0.2) is 5.43 Å². The minimum atomic E-state index is -1.22. The molecule has 0 bridgehead atoms. The Hall–Kier alpha value is -3.15. The average Bonchev–Trinajstić information content (AvgIpc) is 2.83. The molecule has 4 heterocycles. The highest BCUT2D eigenvalue weighted by atomic mass is 32.2. The van der Waals surface area contributed by atoms with Crippen LogP contribution in [0.5, 0.6) is 0 Å². The van der Waals surface area contributed by atoms with E-state index in [1.807, 2.05) is 30.3 Å². The molecule has 5 rings (SSSR count). The molecule has 2 amide bonds. The Kier molecular flexibility index (Phi) is 6.15. The lowest BCUT2D eigenvalue weighted by Crippen LogP contribution is -2.70. The lowest BCUT2D eigenvalue weighted by Gasteiger charge is -2.49. The molecule has 172 valence electrons. The topological polar surface area (TPSA) is 117 Å². The standard InChI is InChI=1S/C23H17N3O5S3/c27-14-9-18(33-15-6-7-24-10-13(14)15)34-16-11-32-22-19(21(29)26(22)20(16)23(30)31)25-17(28)8-12-4-2-1-3-5-12/h1-7,9-10,19,22H,8,11H2,(H,25,28)(H,30,31)/t19?,22-/m1/s1. The van der Waals surface area contributed by atoms with Crippen LogP contribution in [0.2, 0.25) is 0 Å². The average molecular weight is 512 g/mol. The van der Waals surface area contributed by atoms with Gasteiger partial charge in [-0.25, -0.2) is 4.79 Å². The Morgan fingerprint density at radius 2 is 2.00 bits per heavy atom. The van der Waals surface area contributed by atoms with Crippen LogP contribution < -0.4 is 10.7 Å². The molecule has 1 fully saturated rings. The van der Waals surface area contributed by atoms with Gasteiger partial charge in [-0.3, -0.25) is 24.3 Å². The van der Waals surface area contributed by atoms with E-state index in [2.05, 4.69) is 10.3 Å². The number of aliphatic carboxylic acids is 1. The van der Waals surface area contributed by atoms with Crippen LogP contribution in [0.1, 0.15) is 5.56 Å². The van der Waals surface area contributed by atoms with Crippen molar-refractivity contribution in [2.45, 2.75) is 22.0 Å². The minimum absolute atomic E-state index is 0.0956. The Morgan fingerprint density at radius 3 is 2.76 bits per heavy atom. The number of carboxylic acid groups (broad SMARTS) is 1. The molecule has 11 heteroatoms. The maximum absolute atomic E-state index is 12.9. The summed E-state index contributed by atoms with van der Waals surface area (Å²) in [5.74, 6) is -1.61. The molecule has 2 aliphatic rings. The monoisotopic (exact) mass is 511 g/mol. The van der Waals surface area contributed by atoms with Crippen molar-refractivity contribution in [3.05, 3.63) is 81.2 Å². The number of hydrogen-bond donors (Lipinski definition) is 2. The van der Waals surface area contributed by atoms with Crippen LogP contribution in [0.25, 0.3) is 10.1 Å². The Balaban J connectivity index is 1.35. The van der Waals surface area contributed by atoms with E-state index in [0.29, 0.717) is 20.3 Å². The SMILES string of the molecule is O=C(Cc1ccccc1)NC1C(=O)N2C(C(=O)O)=C(Sc3cc(=O)c4cnccc4s3)CS[C@H]12. The van der Waals surface area contributed by atoms with E-state index in [1.165, 1.54) is 52.0 Å². The molecule has 0 spiro atoms. The summed E-state index contributed by atoms with van der Waals surface area (Å²) in [6.07, 6.45) is 3.25. The fraction of sp³-hybridized carbons (Fsp3) is 0.174. The van der Waals surface area contributed by atoms with Gasteiger partial charge in [0.2, 0.25) is 5.91 Å². The number of aromatic nitrogens is 1. The number of carboxylic acids is 1. The molecule has 0 aliphatic carbocycles. The van der Waals surface area contributed by atoms with E-state index in [-0.39, 0.29) is 23.5 Å². The molecule has 2 atom stereocenters. The second-order valence-corrected chi connectivity index (χ2v) is 11.2. The Morgan fingerprint density at radius 1 is 1.21 bits per heavy atom. The summed E-state index contributed by atoms with van der Waals surface area (Å²) >= 11 is 3.94. The zero-order valence-electron chi connectivity index (χ0n) is 17.5. The highest BCUT2D eigenvalue weighted by molar-refractivity contribution is 8.07. The quantitative estimate of drug-likeness (QED) is 0.485. The van der Waals surface area contributed by atoms with Crippen molar-refractivity contribution in [3.63, 3.8) is 0 Å². The molecular weight excluding hydrogens is 494 g/mol. The third kappa shape index (κ3) is 4.22. The summed E-state index contributed by atoms with van der Waals surface area (Å²) in [6.45, 7) is 0. The van der Waals surface area contributed by atoms with E-state index in [4.69, 9.17) is 0 Å². The molecular formula is C23H17N3O5S3. The third-order valence-electron chi connectivity index (χ3n) is 5.39. The van der Waals surface area contributed by atoms with Crippen molar-refractivity contribution in [1.29, 1.82) is 0 Å².